The lowest BCUT2D eigenvalue weighted by Crippen LogP contribution is -2.37. The maximum Gasteiger partial charge on any atom is 0.236 e. The molecule has 5 heteroatoms. The summed E-state index contributed by atoms with van der Waals surface area (Å²) in [4.78, 5) is 13.5. The summed E-state index contributed by atoms with van der Waals surface area (Å²) in [6, 6.07) is 5.45. The van der Waals surface area contributed by atoms with Gasteiger partial charge in [0.2, 0.25) is 5.91 Å². The van der Waals surface area contributed by atoms with Crippen molar-refractivity contribution in [2.75, 3.05) is 19.6 Å². The van der Waals surface area contributed by atoms with Crippen LogP contribution in [0.3, 0.4) is 0 Å². The minimum atomic E-state index is 0.111. The SMILES string of the molecule is CCN(CC)C(=O)CNCc1ccc(Cl)c(Cl)c1. The first-order valence-electron chi connectivity index (χ1n) is 6.00. The lowest BCUT2D eigenvalue weighted by atomic mass is 10.2. The van der Waals surface area contributed by atoms with Crippen molar-refractivity contribution in [1.29, 1.82) is 0 Å². The average Bonchev–Trinajstić information content (AvgIpc) is 2.35. The van der Waals surface area contributed by atoms with Crippen LogP contribution in [-0.2, 0) is 11.3 Å². The second-order valence-electron chi connectivity index (χ2n) is 3.92. The number of carbonyl (C=O) groups excluding carboxylic acids is 1. The monoisotopic (exact) mass is 288 g/mol. The van der Waals surface area contributed by atoms with E-state index in [2.05, 4.69) is 5.32 Å². The van der Waals surface area contributed by atoms with Gasteiger partial charge in [-0.05, 0) is 31.5 Å². The molecule has 0 atom stereocenters. The third-order valence-corrected chi connectivity index (χ3v) is 3.44. The zero-order chi connectivity index (χ0) is 13.5. The van der Waals surface area contributed by atoms with Crippen LogP contribution >= 0.6 is 23.2 Å². The normalized spacial score (nSPS) is 10.4. The number of likely N-dealkylation sites (N-methyl/N-ethyl adjacent to an activating group) is 1. The zero-order valence-electron chi connectivity index (χ0n) is 10.7. The van der Waals surface area contributed by atoms with Gasteiger partial charge in [-0.3, -0.25) is 4.79 Å². The summed E-state index contributed by atoms with van der Waals surface area (Å²) < 4.78 is 0. The third-order valence-electron chi connectivity index (χ3n) is 2.71. The Labute approximate surface area is 118 Å². The Kier molecular flexibility index (Phi) is 6.47. The molecule has 0 aliphatic carbocycles. The minimum Gasteiger partial charge on any atom is -0.342 e. The number of amides is 1. The summed E-state index contributed by atoms with van der Waals surface area (Å²) in [5.41, 5.74) is 1.01. The van der Waals surface area contributed by atoms with Gasteiger partial charge in [0.25, 0.3) is 0 Å². The Morgan fingerprint density at radius 1 is 1.22 bits per heavy atom. The molecule has 1 rings (SSSR count). The molecule has 0 bridgehead atoms. The van der Waals surface area contributed by atoms with E-state index in [9.17, 15) is 4.79 Å². The molecule has 0 spiro atoms. The molecular formula is C13H18Cl2N2O. The fraction of sp³-hybridized carbons (Fsp3) is 0.462. The molecule has 0 aliphatic heterocycles. The van der Waals surface area contributed by atoms with E-state index in [1.165, 1.54) is 0 Å². The number of nitrogens with one attached hydrogen (secondary N) is 1. The van der Waals surface area contributed by atoms with E-state index >= 15 is 0 Å². The third kappa shape index (κ3) is 4.48. The van der Waals surface area contributed by atoms with Crippen molar-refractivity contribution in [3.8, 4) is 0 Å². The summed E-state index contributed by atoms with van der Waals surface area (Å²) >= 11 is 11.7. The maximum atomic E-state index is 11.7. The van der Waals surface area contributed by atoms with Crippen molar-refractivity contribution >= 4 is 29.1 Å². The number of rotatable bonds is 6. The zero-order valence-corrected chi connectivity index (χ0v) is 12.2. The fourth-order valence-corrected chi connectivity index (χ4v) is 1.97. The lowest BCUT2D eigenvalue weighted by molar-refractivity contribution is -0.129. The van der Waals surface area contributed by atoms with Gasteiger partial charge >= 0.3 is 0 Å². The molecule has 1 amide bonds. The van der Waals surface area contributed by atoms with E-state index in [1.807, 2.05) is 19.9 Å². The Balaban J connectivity index is 2.41. The highest BCUT2D eigenvalue weighted by atomic mass is 35.5. The van der Waals surface area contributed by atoms with Crippen LogP contribution in [-0.4, -0.2) is 30.4 Å². The first kappa shape index (κ1) is 15.3. The highest BCUT2D eigenvalue weighted by molar-refractivity contribution is 6.42. The van der Waals surface area contributed by atoms with Crippen LogP contribution in [0.25, 0.3) is 0 Å². The molecule has 0 radical (unpaired) electrons. The van der Waals surface area contributed by atoms with Crippen molar-refractivity contribution < 1.29 is 4.79 Å². The fourth-order valence-electron chi connectivity index (χ4n) is 1.65. The maximum absolute atomic E-state index is 11.7. The van der Waals surface area contributed by atoms with E-state index in [1.54, 1.807) is 17.0 Å². The predicted octanol–water partition coefficient (Wildman–Crippen LogP) is 2.95. The summed E-state index contributed by atoms with van der Waals surface area (Å²) in [7, 11) is 0. The van der Waals surface area contributed by atoms with Gasteiger partial charge in [-0.25, -0.2) is 0 Å². The van der Waals surface area contributed by atoms with E-state index in [4.69, 9.17) is 23.2 Å². The predicted molar refractivity (Wildman–Crippen MR) is 76.1 cm³/mol. The number of hydrogen-bond donors (Lipinski definition) is 1. The molecular weight excluding hydrogens is 271 g/mol. The van der Waals surface area contributed by atoms with Gasteiger partial charge in [0.1, 0.15) is 0 Å². The first-order valence-corrected chi connectivity index (χ1v) is 6.76. The van der Waals surface area contributed by atoms with Crippen LogP contribution in [0.4, 0.5) is 0 Å². The molecule has 3 nitrogen and oxygen atoms in total. The average molecular weight is 289 g/mol. The second-order valence-corrected chi connectivity index (χ2v) is 4.73. The van der Waals surface area contributed by atoms with E-state index in [0.717, 1.165) is 18.7 Å². The van der Waals surface area contributed by atoms with Gasteiger partial charge in [-0.15, -0.1) is 0 Å². The van der Waals surface area contributed by atoms with Gasteiger partial charge < -0.3 is 10.2 Å². The Hall–Kier alpha value is -0.770. The van der Waals surface area contributed by atoms with Crippen molar-refractivity contribution in [3.63, 3.8) is 0 Å². The molecule has 0 unspecified atom stereocenters. The number of benzene rings is 1. The number of nitrogens with zero attached hydrogens (tertiary/aromatic N) is 1. The molecule has 0 saturated heterocycles. The molecule has 0 saturated carbocycles. The number of carbonyl (C=O) groups is 1. The van der Waals surface area contributed by atoms with Gasteiger partial charge in [0.05, 0.1) is 16.6 Å². The molecule has 18 heavy (non-hydrogen) atoms. The van der Waals surface area contributed by atoms with Gasteiger partial charge in [0.15, 0.2) is 0 Å². The molecule has 1 aromatic carbocycles. The quantitative estimate of drug-likeness (QED) is 0.873. The molecule has 0 heterocycles. The van der Waals surface area contributed by atoms with Crippen LogP contribution < -0.4 is 5.32 Å². The van der Waals surface area contributed by atoms with Crippen molar-refractivity contribution in [3.05, 3.63) is 33.8 Å². The number of halogens is 2. The molecule has 1 aromatic rings. The molecule has 100 valence electrons. The Morgan fingerprint density at radius 3 is 2.44 bits per heavy atom. The summed E-state index contributed by atoms with van der Waals surface area (Å²) in [5, 5.41) is 4.18. The first-order chi connectivity index (χ1) is 8.58. The van der Waals surface area contributed by atoms with Crippen molar-refractivity contribution in [1.82, 2.24) is 10.2 Å². The van der Waals surface area contributed by atoms with Crippen LogP contribution in [0, 0.1) is 0 Å². The Morgan fingerprint density at radius 2 is 1.89 bits per heavy atom. The molecule has 1 N–H and O–H groups in total. The highest BCUT2D eigenvalue weighted by Crippen LogP contribution is 2.22. The second kappa shape index (κ2) is 7.62. The smallest absolute Gasteiger partial charge is 0.236 e. The van der Waals surface area contributed by atoms with Crippen LogP contribution in [0.2, 0.25) is 10.0 Å². The van der Waals surface area contributed by atoms with E-state index in [-0.39, 0.29) is 5.91 Å². The van der Waals surface area contributed by atoms with Gasteiger partial charge in [0, 0.05) is 19.6 Å². The highest BCUT2D eigenvalue weighted by Gasteiger charge is 2.08. The van der Waals surface area contributed by atoms with E-state index < -0.39 is 0 Å². The molecule has 0 aliphatic rings. The number of hydrogen-bond acceptors (Lipinski definition) is 2. The van der Waals surface area contributed by atoms with Gasteiger partial charge in [-0.2, -0.15) is 0 Å². The molecule has 0 fully saturated rings. The Bertz CT molecular complexity index is 406. The molecule has 0 aromatic heterocycles. The largest absolute Gasteiger partial charge is 0.342 e. The van der Waals surface area contributed by atoms with Crippen LogP contribution in [0.5, 0.6) is 0 Å². The van der Waals surface area contributed by atoms with Crippen LogP contribution in [0.1, 0.15) is 19.4 Å². The minimum absolute atomic E-state index is 0.111. The summed E-state index contributed by atoms with van der Waals surface area (Å²) in [6.45, 7) is 6.36. The van der Waals surface area contributed by atoms with E-state index in [0.29, 0.717) is 23.1 Å². The van der Waals surface area contributed by atoms with Gasteiger partial charge in [-0.1, -0.05) is 29.3 Å². The van der Waals surface area contributed by atoms with Crippen molar-refractivity contribution in [2.45, 2.75) is 20.4 Å². The standard InChI is InChI=1S/C13H18Cl2N2O/c1-3-17(4-2)13(18)9-16-8-10-5-6-11(14)12(15)7-10/h5-7,16H,3-4,8-9H2,1-2H3. The summed E-state index contributed by atoms with van der Waals surface area (Å²) in [6.07, 6.45) is 0. The lowest BCUT2D eigenvalue weighted by Gasteiger charge is -2.18. The summed E-state index contributed by atoms with van der Waals surface area (Å²) in [5.74, 6) is 0.111. The van der Waals surface area contributed by atoms with Crippen molar-refractivity contribution in [2.24, 2.45) is 0 Å². The van der Waals surface area contributed by atoms with Crippen LogP contribution in [0.15, 0.2) is 18.2 Å². The topological polar surface area (TPSA) is 32.3 Å².